The summed E-state index contributed by atoms with van der Waals surface area (Å²) in [5.41, 5.74) is 5.32. The Morgan fingerprint density at radius 2 is 2.04 bits per heavy atom. The van der Waals surface area contributed by atoms with E-state index in [0.717, 1.165) is 11.0 Å². The maximum Gasteiger partial charge on any atom is 0.197 e. The summed E-state index contributed by atoms with van der Waals surface area (Å²) in [7, 11) is 1.49. The van der Waals surface area contributed by atoms with Gasteiger partial charge in [-0.25, -0.2) is 9.97 Å². The number of nitrogens with one attached hydrogen (secondary N) is 1. The highest BCUT2D eigenvalue weighted by Gasteiger charge is 2.12. The van der Waals surface area contributed by atoms with Crippen molar-refractivity contribution >= 4 is 34.1 Å². The van der Waals surface area contributed by atoms with Crippen molar-refractivity contribution < 1.29 is 14.3 Å². The van der Waals surface area contributed by atoms with Crippen molar-refractivity contribution in [3.8, 4) is 11.5 Å². The molecule has 25 heavy (non-hydrogen) atoms. The Morgan fingerprint density at radius 3 is 2.92 bits per heavy atom. The molecule has 2 heterocycles. The molecule has 0 saturated heterocycles. The van der Waals surface area contributed by atoms with Crippen LogP contribution >= 0.6 is 0 Å². The van der Waals surface area contributed by atoms with Crippen LogP contribution in [0.5, 0.6) is 11.5 Å². The molecule has 0 aliphatic heterocycles. The number of hydrogen-bond donors (Lipinski definition) is 2. The number of ether oxygens (including phenoxy) is 1. The number of para-hydroxylation sites is 2. The van der Waals surface area contributed by atoms with E-state index in [1.807, 2.05) is 24.3 Å². The number of aromatic hydroxyl groups is 1. The van der Waals surface area contributed by atoms with Gasteiger partial charge in [-0.15, -0.1) is 0 Å². The maximum absolute atomic E-state index is 10.1. The summed E-state index contributed by atoms with van der Waals surface area (Å²) in [4.78, 5) is 8.45. The van der Waals surface area contributed by atoms with Gasteiger partial charge in [-0.3, -0.25) is 5.43 Å². The van der Waals surface area contributed by atoms with Gasteiger partial charge in [0, 0.05) is 10.9 Å². The Labute approximate surface area is 142 Å². The smallest absolute Gasteiger partial charge is 0.197 e. The minimum Gasteiger partial charge on any atom is -0.504 e. The molecule has 2 aromatic carbocycles. The fourth-order valence-electron chi connectivity index (χ4n) is 2.57. The van der Waals surface area contributed by atoms with Gasteiger partial charge < -0.3 is 14.3 Å². The lowest BCUT2D eigenvalue weighted by Gasteiger charge is -2.05. The molecule has 0 saturated carbocycles. The number of rotatable bonds is 4. The molecule has 0 aliphatic rings. The quantitative estimate of drug-likeness (QED) is 0.438. The second kappa shape index (κ2) is 6.12. The normalized spacial score (nSPS) is 11.4. The summed E-state index contributed by atoms with van der Waals surface area (Å²) >= 11 is 0. The molecular weight excluding hydrogens is 320 g/mol. The van der Waals surface area contributed by atoms with Crippen molar-refractivity contribution in [2.24, 2.45) is 5.10 Å². The van der Waals surface area contributed by atoms with Crippen LogP contribution in [0, 0.1) is 0 Å². The van der Waals surface area contributed by atoms with E-state index in [4.69, 9.17) is 9.15 Å². The SMILES string of the molecule is COc1cccc(/C=N/Nc2ncnc3c2oc2ccccc23)c1O. The number of fused-ring (bicyclic) bond motifs is 3. The van der Waals surface area contributed by atoms with Gasteiger partial charge in [0.2, 0.25) is 0 Å². The number of benzene rings is 2. The number of nitrogens with zero attached hydrogens (tertiary/aromatic N) is 3. The number of aromatic nitrogens is 2. The number of phenolic OH excluding ortho intramolecular Hbond substituents is 1. The summed E-state index contributed by atoms with van der Waals surface area (Å²) < 4.78 is 10.9. The largest absolute Gasteiger partial charge is 0.504 e. The maximum atomic E-state index is 10.1. The molecule has 0 aliphatic carbocycles. The molecule has 0 bridgehead atoms. The number of methoxy groups -OCH3 is 1. The predicted octanol–water partition coefficient (Wildman–Crippen LogP) is 3.54. The number of phenols is 1. The third kappa shape index (κ3) is 2.61. The summed E-state index contributed by atoms with van der Waals surface area (Å²) in [5.74, 6) is 0.845. The standard InChI is InChI=1S/C18H14N4O3/c1-24-14-8-4-5-11(16(14)23)9-21-22-18-17-15(19-10-20-18)12-6-2-3-7-13(12)25-17/h2-10,23H,1H3,(H,19,20,22)/b21-9+. The highest BCUT2D eigenvalue weighted by Crippen LogP contribution is 2.30. The van der Waals surface area contributed by atoms with E-state index < -0.39 is 0 Å². The Morgan fingerprint density at radius 1 is 1.16 bits per heavy atom. The van der Waals surface area contributed by atoms with Gasteiger partial charge in [0.05, 0.1) is 13.3 Å². The van der Waals surface area contributed by atoms with Gasteiger partial charge in [0.25, 0.3) is 0 Å². The van der Waals surface area contributed by atoms with E-state index in [1.54, 1.807) is 18.2 Å². The molecule has 0 amide bonds. The Balaban J connectivity index is 1.67. The van der Waals surface area contributed by atoms with E-state index in [0.29, 0.717) is 28.2 Å². The molecule has 2 aromatic heterocycles. The fourth-order valence-corrected chi connectivity index (χ4v) is 2.57. The van der Waals surface area contributed by atoms with Crippen LogP contribution in [0.25, 0.3) is 22.1 Å². The van der Waals surface area contributed by atoms with E-state index >= 15 is 0 Å². The average Bonchev–Trinajstić information content (AvgIpc) is 3.03. The van der Waals surface area contributed by atoms with Crippen molar-refractivity contribution in [3.05, 3.63) is 54.4 Å². The molecule has 2 N–H and O–H groups in total. The highest BCUT2D eigenvalue weighted by molar-refractivity contribution is 6.05. The lowest BCUT2D eigenvalue weighted by atomic mass is 10.2. The second-order valence-corrected chi connectivity index (χ2v) is 5.27. The number of hydrogen-bond acceptors (Lipinski definition) is 7. The van der Waals surface area contributed by atoms with Gasteiger partial charge >= 0.3 is 0 Å². The van der Waals surface area contributed by atoms with Crippen LogP contribution in [0.1, 0.15) is 5.56 Å². The molecule has 4 rings (SSSR count). The zero-order valence-corrected chi connectivity index (χ0v) is 13.3. The van der Waals surface area contributed by atoms with Crippen molar-refractivity contribution in [2.75, 3.05) is 12.5 Å². The van der Waals surface area contributed by atoms with Crippen molar-refractivity contribution in [3.63, 3.8) is 0 Å². The Bertz CT molecular complexity index is 1090. The van der Waals surface area contributed by atoms with Gasteiger partial charge in [-0.05, 0) is 24.3 Å². The van der Waals surface area contributed by atoms with Crippen molar-refractivity contribution in [1.82, 2.24) is 9.97 Å². The van der Waals surface area contributed by atoms with Crippen LogP contribution in [0.3, 0.4) is 0 Å². The lowest BCUT2D eigenvalue weighted by molar-refractivity contribution is 0.373. The van der Waals surface area contributed by atoms with E-state index in [2.05, 4.69) is 20.5 Å². The first-order chi connectivity index (χ1) is 12.3. The van der Waals surface area contributed by atoms with Crippen LogP contribution in [-0.2, 0) is 0 Å². The molecule has 0 fully saturated rings. The first-order valence-corrected chi connectivity index (χ1v) is 7.55. The third-order valence-electron chi connectivity index (χ3n) is 3.78. The zero-order valence-electron chi connectivity index (χ0n) is 13.3. The fraction of sp³-hybridized carbons (Fsp3) is 0.0556. The molecular formula is C18H14N4O3. The van der Waals surface area contributed by atoms with E-state index in [9.17, 15) is 5.11 Å². The van der Waals surface area contributed by atoms with Crippen LogP contribution < -0.4 is 10.2 Å². The second-order valence-electron chi connectivity index (χ2n) is 5.27. The van der Waals surface area contributed by atoms with Gasteiger partial charge in [0.15, 0.2) is 22.9 Å². The first kappa shape index (κ1) is 14.9. The molecule has 0 spiro atoms. The van der Waals surface area contributed by atoms with E-state index in [1.165, 1.54) is 19.7 Å². The highest BCUT2D eigenvalue weighted by atomic mass is 16.5. The molecule has 0 atom stereocenters. The number of anilines is 1. The lowest BCUT2D eigenvalue weighted by Crippen LogP contribution is -1.95. The zero-order chi connectivity index (χ0) is 17.2. The van der Waals surface area contributed by atoms with Crippen LogP contribution in [0.15, 0.2) is 58.3 Å². The average molecular weight is 334 g/mol. The molecule has 124 valence electrons. The van der Waals surface area contributed by atoms with E-state index in [-0.39, 0.29) is 5.75 Å². The molecule has 0 unspecified atom stereocenters. The molecule has 4 aromatic rings. The topological polar surface area (TPSA) is 92.8 Å². The molecule has 7 nitrogen and oxygen atoms in total. The van der Waals surface area contributed by atoms with Gasteiger partial charge in [-0.2, -0.15) is 5.10 Å². The van der Waals surface area contributed by atoms with Crippen LogP contribution in [0.2, 0.25) is 0 Å². The minimum absolute atomic E-state index is 0.0205. The Kier molecular flexibility index (Phi) is 3.66. The molecule has 7 heteroatoms. The summed E-state index contributed by atoms with van der Waals surface area (Å²) in [6.45, 7) is 0. The molecule has 0 radical (unpaired) electrons. The van der Waals surface area contributed by atoms with Gasteiger partial charge in [-0.1, -0.05) is 18.2 Å². The monoisotopic (exact) mass is 334 g/mol. The predicted molar refractivity (Wildman–Crippen MR) is 95.2 cm³/mol. The minimum atomic E-state index is 0.0205. The van der Waals surface area contributed by atoms with Crippen molar-refractivity contribution in [2.45, 2.75) is 0 Å². The number of furan rings is 1. The van der Waals surface area contributed by atoms with Crippen LogP contribution in [-0.4, -0.2) is 28.4 Å². The van der Waals surface area contributed by atoms with Crippen molar-refractivity contribution in [1.29, 1.82) is 0 Å². The summed E-state index contributed by atoms with van der Waals surface area (Å²) in [6.07, 6.45) is 2.93. The first-order valence-electron chi connectivity index (χ1n) is 7.55. The number of hydrazone groups is 1. The Hall–Kier alpha value is -3.61. The summed E-state index contributed by atoms with van der Waals surface area (Å²) in [6, 6.07) is 12.8. The van der Waals surface area contributed by atoms with Gasteiger partial charge in [0.1, 0.15) is 17.4 Å². The third-order valence-corrected chi connectivity index (χ3v) is 3.78. The summed E-state index contributed by atoms with van der Waals surface area (Å²) in [5, 5.41) is 15.1. The van der Waals surface area contributed by atoms with Crippen LogP contribution in [0.4, 0.5) is 5.82 Å².